The Hall–Kier alpha value is -0.540. The summed E-state index contributed by atoms with van der Waals surface area (Å²) < 4.78 is 3.27. The lowest BCUT2D eigenvalue weighted by atomic mass is 10.2. The van der Waals surface area contributed by atoms with Crippen molar-refractivity contribution in [2.75, 3.05) is 0 Å². The van der Waals surface area contributed by atoms with Gasteiger partial charge < -0.3 is 0 Å². The van der Waals surface area contributed by atoms with Crippen molar-refractivity contribution in [3.05, 3.63) is 23.5 Å². The van der Waals surface area contributed by atoms with Crippen LogP contribution in [-0.2, 0) is 0 Å². The molecule has 58 valence electrons. The summed E-state index contributed by atoms with van der Waals surface area (Å²) in [4.78, 5) is 5.63. The molecule has 3 heteroatoms. The van der Waals surface area contributed by atoms with Gasteiger partial charge in [-0.25, -0.2) is 0 Å². The van der Waals surface area contributed by atoms with Gasteiger partial charge in [0.2, 0.25) is 0 Å². The van der Waals surface area contributed by atoms with Crippen LogP contribution in [0.3, 0.4) is 0 Å². The summed E-state index contributed by atoms with van der Waals surface area (Å²) in [6.45, 7) is 4.19. The predicted octanol–water partition coefficient (Wildman–Crippen LogP) is 2.06. The maximum atomic E-state index is 4.36. The van der Waals surface area contributed by atoms with Gasteiger partial charge in [0.25, 0.3) is 0 Å². The Morgan fingerprint density at radius 2 is 2.45 bits per heavy atom. The molecule has 2 rings (SSSR count). The Labute approximate surface area is 70.5 Å². The molecule has 0 aromatic carbocycles. The van der Waals surface area contributed by atoms with E-state index in [4.69, 9.17) is 0 Å². The molecule has 1 aliphatic heterocycles. The molecule has 0 radical (unpaired) electrons. The third-order valence-electron chi connectivity index (χ3n) is 1.77. The fourth-order valence-corrected chi connectivity index (χ4v) is 2.16. The second-order valence-corrected chi connectivity index (χ2v) is 3.72. The van der Waals surface area contributed by atoms with Crippen molar-refractivity contribution in [1.29, 1.82) is 0 Å². The summed E-state index contributed by atoms with van der Waals surface area (Å²) in [7, 11) is 0. The van der Waals surface area contributed by atoms with Gasteiger partial charge in [-0.05, 0) is 37.4 Å². The van der Waals surface area contributed by atoms with Gasteiger partial charge in [-0.1, -0.05) is 0 Å². The van der Waals surface area contributed by atoms with E-state index in [1.54, 1.807) is 11.9 Å². The highest BCUT2D eigenvalue weighted by Gasteiger charge is 2.19. The molecule has 1 aromatic heterocycles. The van der Waals surface area contributed by atoms with Crippen LogP contribution in [-0.4, -0.2) is 4.98 Å². The smallest absolute Gasteiger partial charge is 0.0728 e. The largest absolute Gasteiger partial charge is 0.258 e. The molecule has 0 saturated carbocycles. The third-order valence-corrected chi connectivity index (χ3v) is 2.79. The Morgan fingerprint density at radius 1 is 1.64 bits per heavy atom. The van der Waals surface area contributed by atoms with Crippen molar-refractivity contribution in [3.63, 3.8) is 0 Å². The molecule has 0 spiro atoms. The monoisotopic (exact) mass is 166 g/mol. The Bertz CT molecular complexity index is 285. The first-order valence-corrected chi connectivity index (χ1v) is 4.48. The fraction of sp³-hybridized carbons (Fsp3) is 0.375. The average molecular weight is 166 g/mol. The SMILES string of the molecule is Cc1cnc2c(c1)SNC2C. The summed E-state index contributed by atoms with van der Waals surface area (Å²) in [5.74, 6) is 0. The lowest BCUT2D eigenvalue weighted by Gasteiger charge is -2.00. The lowest BCUT2D eigenvalue weighted by Crippen LogP contribution is -2.03. The van der Waals surface area contributed by atoms with Gasteiger partial charge in [0.15, 0.2) is 0 Å². The fourth-order valence-electron chi connectivity index (χ4n) is 1.17. The van der Waals surface area contributed by atoms with E-state index in [0.717, 1.165) is 0 Å². The van der Waals surface area contributed by atoms with Gasteiger partial charge in [0.1, 0.15) is 0 Å². The molecule has 2 nitrogen and oxygen atoms in total. The highest BCUT2D eigenvalue weighted by Crippen LogP contribution is 2.32. The zero-order chi connectivity index (χ0) is 7.84. The number of hydrogen-bond acceptors (Lipinski definition) is 3. The van der Waals surface area contributed by atoms with Crippen LogP contribution in [0.25, 0.3) is 0 Å². The van der Waals surface area contributed by atoms with Crippen molar-refractivity contribution in [3.8, 4) is 0 Å². The van der Waals surface area contributed by atoms with Crippen LogP contribution < -0.4 is 4.72 Å². The molecule has 1 N–H and O–H groups in total. The number of nitrogens with zero attached hydrogens (tertiary/aromatic N) is 1. The summed E-state index contributed by atoms with van der Waals surface area (Å²) in [5.41, 5.74) is 2.41. The van der Waals surface area contributed by atoms with Crippen LogP contribution in [0.1, 0.15) is 24.2 Å². The summed E-state index contributed by atoms with van der Waals surface area (Å²) in [6.07, 6.45) is 1.92. The first-order chi connectivity index (χ1) is 5.27. The standard InChI is InChI=1S/C8H10N2S/c1-5-3-7-8(9-4-5)6(2)10-11-7/h3-4,6,10H,1-2H3. The van der Waals surface area contributed by atoms with E-state index in [-0.39, 0.29) is 0 Å². The van der Waals surface area contributed by atoms with Crippen LogP contribution in [0.2, 0.25) is 0 Å². The lowest BCUT2D eigenvalue weighted by molar-refractivity contribution is 0.732. The highest BCUT2D eigenvalue weighted by atomic mass is 32.2. The average Bonchev–Trinajstić information content (AvgIpc) is 2.32. The van der Waals surface area contributed by atoms with Gasteiger partial charge in [0, 0.05) is 11.1 Å². The quantitative estimate of drug-likeness (QED) is 0.597. The molecule has 2 heterocycles. The Morgan fingerprint density at radius 3 is 3.27 bits per heavy atom. The zero-order valence-corrected chi connectivity index (χ0v) is 7.40. The zero-order valence-electron chi connectivity index (χ0n) is 6.59. The molecule has 0 saturated heterocycles. The van der Waals surface area contributed by atoms with Crippen LogP contribution in [0.4, 0.5) is 0 Å². The maximum Gasteiger partial charge on any atom is 0.0728 e. The van der Waals surface area contributed by atoms with E-state index >= 15 is 0 Å². The van der Waals surface area contributed by atoms with Gasteiger partial charge in [0.05, 0.1) is 11.7 Å². The molecule has 1 aromatic rings. The molecule has 0 fully saturated rings. The minimum absolute atomic E-state index is 0.399. The molecule has 1 atom stereocenters. The number of hydrogen-bond donors (Lipinski definition) is 1. The van der Waals surface area contributed by atoms with E-state index in [9.17, 15) is 0 Å². The summed E-state index contributed by atoms with van der Waals surface area (Å²) in [6, 6.07) is 2.57. The second-order valence-electron chi connectivity index (χ2n) is 2.84. The normalized spacial score (nSPS) is 21.8. The Balaban J connectivity index is 2.50. The number of aromatic nitrogens is 1. The van der Waals surface area contributed by atoms with E-state index in [1.165, 1.54) is 16.2 Å². The van der Waals surface area contributed by atoms with E-state index in [1.807, 2.05) is 6.20 Å². The van der Waals surface area contributed by atoms with Crippen molar-refractivity contribution < 1.29 is 0 Å². The van der Waals surface area contributed by atoms with Crippen molar-refractivity contribution in [2.24, 2.45) is 0 Å². The van der Waals surface area contributed by atoms with Crippen LogP contribution >= 0.6 is 11.9 Å². The summed E-state index contributed by atoms with van der Waals surface area (Å²) >= 11 is 1.68. The van der Waals surface area contributed by atoms with E-state index in [2.05, 4.69) is 29.6 Å². The number of nitrogens with one attached hydrogen (secondary N) is 1. The van der Waals surface area contributed by atoms with Crippen LogP contribution in [0, 0.1) is 6.92 Å². The molecule has 0 aliphatic carbocycles. The van der Waals surface area contributed by atoms with Crippen molar-refractivity contribution in [2.45, 2.75) is 24.8 Å². The molecule has 11 heavy (non-hydrogen) atoms. The maximum absolute atomic E-state index is 4.36. The van der Waals surface area contributed by atoms with Gasteiger partial charge in [-0.2, -0.15) is 0 Å². The number of rotatable bonds is 0. The minimum atomic E-state index is 0.399. The Kier molecular flexibility index (Phi) is 1.62. The van der Waals surface area contributed by atoms with Gasteiger partial charge >= 0.3 is 0 Å². The highest BCUT2D eigenvalue weighted by molar-refractivity contribution is 7.97. The van der Waals surface area contributed by atoms with Gasteiger partial charge in [-0.15, -0.1) is 0 Å². The molecule has 1 unspecified atom stereocenters. The minimum Gasteiger partial charge on any atom is -0.258 e. The number of aryl methyl sites for hydroxylation is 1. The third kappa shape index (κ3) is 1.14. The van der Waals surface area contributed by atoms with Gasteiger partial charge in [-0.3, -0.25) is 9.71 Å². The second kappa shape index (κ2) is 2.50. The number of pyridine rings is 1. The molecular weight excluding hydrogens is 156 g/mol. The number of fused-ring (bicyclic) bond motifs is 1. The first-order valence-electron chi connectivity index (χ1n) is 3.66. The predicted molar refractivity (Wildman–Crippen MR) is 46.4 cm³/mol. The van der Waals surface area contributed by atoms with E-state index < -0.39 is 0 Å². The van der Waals surface area contributed by atoms with Crippen molar-refractivity contribution >= 4 is 11.9 Å². The topological polar surface area (TPSA) is 24.9 Å². The van der Waals surface area contributed by atoms with Crippen molar-refractivity contribution in [1.82, 2.24) is 9.71 Å². The summed E-state index contributed by atoms with van der Waals surface area (Å²) in [5, 5.41) is 0. The van der Waals surface area contributed by atoms with Crippen LogP contribution in [0.15, 0.2) is 17.2 Å². The van der Waals surface area contributed by atoms with E-state index in [0.29, 0.717) is 6.04 Å². The molecule has 1 aliphatic rings. The molecular formula is C8H10N2S. The van der Waals surface area contributed by atoms with Crippen LogP contribution in [0.5, 0.6) is 0 Å². The molecule has 0 amide bonds. The molecule has 0 bridgehead atoms. The first kappa shape index (κ1) is 7.13.